The van der Waals surface area contributed by atoms with Gasteiger partial charge in [0, 0.05) is 26.1 Å². The van der Waals surface area contributed by atoms with E-state index in [4.69, 9.17) is 16.2 Å². The predicted molar refractivity (Wildman–Crippen MR) is 202 cm³/mol. The molecule has 0 bridgehead atoms. The molecule has 13 heteroatoms. The zero-order valence-electron chi connectivity index (χ0n) is 31.5. The third kappa shape index (κ3) is 12.2. The summed E-state index contributed by atoms with van der Waals surface area (Å²) in [5, 5.41) is 9.37. The molecule has 0 spiro atoms. The van der Waals surface area contributed by atoms with Gasteiger partial charge in [-0.3, -0.25) is 28.9 Å². The van der Waals surface area contributed by atoms with Gasteiger partial charge in [0.15, 0.2) is 11.3 Å². The molecule has 1 aliphatic heterocycles. The van der Waals surface area contributed by atoms with E-state index >= 15 is 0 Å². The zero-order valence-corrected chi connectivity index (χ0v) is 31.5. The summed E-state index contributed by atoms with van der Waals surface area (Å²) >= 11 is 0. The molecule has 54 heavy (non-hydrogen) atoms. The maximum atomic E-state index is 14.5. The third-order valence-electron chi connectivity index (χ3n) is 10.8. The summed E-state index contributed by atoms with van der Waals surface area (Å²) < 4.78 is 5.47. The van der Waals surface area contributed by atoms with Crippen molar-refractivity contribution in [1.29, 1.82) is 0 Å². The van der Waals surface area contributed by atoms with Gasteiger partial charge in [-0.25, -0.2) is 4.79 Å². The van der Waals surface area contributed by atoms with E-state index in [-0.39, 0.29) is 50.5 Å². The lowest BCUT2D eigenvalue weighted by atomic mass is 9.75. The Balaban J connectivity index is 1.38. The van der Waals surface area contributed by atoms with E-state index in [0.717, 1.165) is 61.8 Å². The molecule has 5 N–H and O–H groups in total. The van der Waals surface area contributed by atoms with E-state index in [2.05, 4.69) is 0 Å². The van der Waals surface area contributed by atoms with Crippen LogP contribution in [-0.2, 0) is 41.9 Å². The van der Waals surface area contributed by atoms with Crippen molar-refractivity contribution >= 4 is 35.6 Å². The van der Waals surface area contributed by atoms with Crippen LogP contribution in [0.1, 0.15) is 95.1 Å². The van der Waals surface area contributed by atoms with Crippen molar-refractivity contribution < 1.29 is 38.6 Å². The first-order valence-electron chi connectivity index (χ1n) is 19.3. The SMILES string of the molecule is CCN(CC(=O)N(Cc1ccccc1)C(=O)[C@@](N)(CC1CCCCC1)C(=O)[C@@H](N)CC(=O)O)C(=O)CCCC1CCN(C(=O)OCc2ccccc2)CC1. The number of ketones is 1. The number of nitrogens with zero attached hydrogens (tertiary/aromatic N) is 3. The van der Waals surface area contributed by atoms with Gasteiger partial charge in [0.2, 0.25) is 11.8 Å². The Hall–Kier alpha value is -4.62. The number of piperidine rings is 1. The minimum absolute atomic E-state index is 0.0548. The molecule has 2 aliphatic rings. The number of carboxylic acid groups (broad SMARTS) is 1. The third-order valence-corrected chi connectivity index (χ3v) is 10.8. The quantitative estimate of drug-likeness (QED) is 0.181. The standard InChI is InChI=1S/C41H57N5O8/c1-2-44(35(47)20-12-19-30-21-23-45(24-22-30)40(53)54-29-33-17-10-5-11-18-33)28-36(48)46(27-32-15-8-4-9-16-32)39(52)41(43,26-31-13-6-3-7-14-31)38(51)34(42)25-37(49)50/h4-5,8-11,15-18,30-31,34H,2-3,6-7,12-14,19-29,42-43H2,1H3,(H,49,50)/t34-,41+/m0/s1. The lowest BCUT2D eigenvalue weighted by Gasteiger charge is -2.37. The highest BCUT2D eigenvalue weighted by Crippen LogP contribution is 2.32. The number of ether oxygens (including phenoxy) is 1. The Bertz CT molecular complexity index is 1560. The van der Waals surface area contributed by atoms with E-state index in [1.807, 2.05) is 30.3 Å². The Morgan fingerprint density at radius 2 is 1.48 bits per heavy atom. The van der Waals surface area contributed by atoms with Crippen molar-refractivity contribution in [3.63, 3.8) is 0 Å². The number of Topliss-reactive ketones (excluding diaryl/α,β-unsaturated/α-hetero) is 1. The van der Waals surface area contributed by atoms with Crippen molar-refractivity contribution in [1.82, 2.24) is 14.7 Å². The Morgan fingerprint density at radius 3 is 2.07 bits per heavy atom. The molecular formula is C41H57N5O8. The average molecular weight is 748 g/mol. The molecule has 4 amide bonds. The van der Waals surface area contributed by atoms with Crippen molar-refractivity contribution in [2.45, 2.75) is 109 Å². The van der Waals surface area contributed by atoms with Crippen LogP contribution in [0.5, 0.6) is 0 Å². The molecule has 0 aromatic heterocycles. The first kappa shape index (κ1) is 42.1. The summed E-state index contributed by atoms with van der Waals surface area (Å²) in [4.78, 5) is 83.9. The number of likely N-dealkylation sites (N-methyl/N-ethyl adjacent to an activating group) is 1. The summed E-state index contributed by atoms with van der Waals surface area (Å²) in [5.41, 5.74) is 12.1. The van der Waals surface area contributed by atoms with Crippen LogP contribution >= 0.6 is 0 Å². The van der Waals surface area contributed by atoms with E-state index in [0.29, 0.717) is 31.0 Å². The van der Waals surface area contributed by atoms with E-state index in [1.165, 1.54) is 4.90 Å². The van der Waals surface area contributed by atoms with Gasteiger partial charge in [0.25, 0.3) is 5.91 Å². The predicted octanol–water partition coefficient (Wildman–Crippen LogP) is 4.65. The number of amides is 4. The van der Waals surface area contributed by atoms with Gasteiger partial charge in [0.1, 0.15) is 13.2 Å². The summed E-state index contributed by atoms with van der Waals surface area (Å²) in [7, 11) is 0. The number of carbonyl (C=O) groups excluding carboxylic acids is 5. The minimum atomic E-state index is -2.23. The fourth-order valence-electron chi connectivity index (χ4n) is 7.57. The monoisotopic (exact) mass is 747 g/mol. The number of carboxylic acids is 1. The van der Waals surface area contributed by atoms with Gasteiger partial charge in [-0.1, -0.05) is 92.8 Å². The molecule has 2 fully saturated rings. The number of carbonyl (C=O) groups is 6. The number of likely N-dealkylation sites (tertiary alicyclic amines) is 1. The van der Waals surface area contributed by atoms with Crippen LogP contribution in [-0.4, -0.2) is 93.1 Å². The van der Waals surface area contributed by atoms with Gasteiger partial charge in [-0.05, 0) is 62.0 Å². The van der Waals surface area contributed by atoms with Crippen molar-refractivity contribution in [3.8, 4) is 0 Å². The summed E-state index contributed by atoms with van der Waals surface area (Å²) in [6.07, 6.45) is 6.46. The van der Waals surface area contributed by atoms with Crippen LogP contribution in [0.25, 0.3) is 0 Å². The van der Waals surface area contributed by atoms with Gasteiger partial charge in [-0.2, -0.15) is 0 Å². The van der Waals surface area contributed by atoms with E-state index in [9.17, 15) is 33.9 Å². The number of hydrogen-bond acceptors (Lipinski definition) is 9. The van der Waals surface area contributed by atoms with E-state index in [1.54, 1.807) is 42.2 Å². The van der Waals surface area contributed by atoms with Crippen LogP contribution in [0.15, 0.2) is 60.7 Å². The highest BCUT2D eigenvalue weighted by atomic mass is 16.6. The summed E-state index contributed by atoms with van der Waals surface area (Å²) in [5.74, 6) is -3.81. The van der Waals surface area contributed by atoms with E-state index < -0.39 is 48.1 Å². The summed E-state index contributed by atoms with van der Waals surface area (Å²) in [6, 6.07) is 16.8. The van der Waals surface area contributed by atoms with Crippen LogP contribution in [0.3, 0.4) is 0 Å². The van der Waals surface area contributed by atoms with Crippen molar-refractivity contribution in [2.24, 2.45) is 23.3 Å². The molecule has 2 aromatic rings. The number of rotatable bonds is 18. The largest absolute Gasteiger partial charge is 0.481 e. The molecule has 1 saturated carbocycles. The molecule has 4 rings (SSSR count). The molecule has 1 saturated heterocycles. The highest BCUT2D eigenvalue weighted by Gasteiger charge is 2.49. The molecule has 0 radical (unpaired) electrons. The smallest absolute Gasteiger partial charge is 0.410 e. The number of hydrogen-bond donors (Lipinski definition) is 3. The molecule has 2 aromatic carbocycles. The molecule has 13 nitrogen and oxygen atoms in total. The van der Waals surface area contributed by atoms with Gasteiger partial charge in [-0.15, -0.1) is 0 Å². The first-order chi connectivity index (χ1) is 25.9. The maximum absolute atomic E-state index is 14.5. The van der Waals surface area contributed by atoms with Crippen LogP contribution < -0.4 is 11.5 Å². The Kier molecular flexibility index (Phi) is 16.2. The topological polar surface area (TPSA) is 194 Å². The van der Waals surface area contributed by atoms with Gasteiger partial charge in [0.05, 0.1) is 19.0 Å². The average Bonchev–Trinajstić information content (AvgIpc) is 3.18. The zero-order chi connectivity index (χ0) is 39.1. The molecule has 2 atom stereocenters. The Morgan fingerprint density at radius 1 is 0.870 bits per heavy atom. The Labute approximate surface area is 318 Å². The number of nitrogens with two attached hydrogens (primary N) is 2. The van der Waals surface area contributed by atoms with Crippen molar-refractivity contribution in [3.05, 3.63) is 71.8 Å². The lowest BCUT2D eigenvalue weighted by Crippen LogP contribution is -2.66. The lowest BCUT2D eigenvalue weighted by molar-refractivity contribution is -0.155. The van der Waals surface area contributed by atoms with Crippen LogP contribution in [0, 0.1) is 11.8 Å². The molecule has 294 valence electrons. The second kappa shape index (κ2) is 20.7. The summed E-state index contributed by atoms with van der Waals surface area (Å²) in [6.45, 7) is 2.79. The highest BCUT2D eigenvalue weighted by molar-refractivity contribution is 6.16. The first-order valence-corrected chi connectivity index (χ1v) is 19.3. The molecular weight excluding hydrogens is 690 g/mol. The second-order valence-corrected chi connectivity index (χ2v) is 14.8. The number of imide groups is 1. The maximum Gasteiger partial charge on any atom is 0.410 e. The molecule has 0 unspecified atom stereocenters. The molecule has 1 heterocycles. The normalized spacial score (nSPS) is 16.8. The molecule has 1 aliphatic carbocycles. The van der Waals surface area contributed by atoms with Crippen LogP contribution in [0.2, 0.25) is 0 Å². The fraction of sp³-hybridized carbons (Fsp3) is 0.561. The van der Waals surface area contributed by atoms with Gasteiger partial charge >= 0.3 is 12.1 Å². The van der Waals surface area contributed by atoms with Crippen LogP contribution in [0.4, 0.5) is 4.79 Å². The number of benzene rings is 2. The van der Waals surface area contributed by atoms with Gasteiger partial charge < -0.3 is 31.1 Å². The fourth-order valence-corrected chi connectivity index (χ4v) is 7.57. The number of aliphatic carboxylic acids is 1. The second-order valence-electron chi connectivity index (χ2n) is 14.8. The minimum Gasteiger partial charge on any atom is -0.481 e. The van der Waals surface area contributed by atoms with Crippen molar-refractivity contribution in [2.75, 3.05) is 26.2 Å².